The molecule has 2 bridgehead atoms. The second-order valence-corrected chi connectivity index (χ2v) is 7.21. The molecular weight excluding hydrogens is 354 g/mol. The maximum atomic E-state index is 5.60. The van der Waals surface area contributed by atoms with Crippen molar-refractivity contribution in [1.29, 1.82) is 0 Å². The molecule has 2 aliphatic rings. The molecule has 1 aromatic carbocycles. The number of rotatable bonds is 9. The monoisotopic (exact) mass is 381 g/mol. The molecule has 0 unspecified atom stereocenters. The second kappa shape index (κ2) is 10.3. The Bertz CT molecular complexity index is 765. The topological polar surface area (TPSA) is 37.2 Å². The number of aliphatic imine (C=N–C) groups is 1. The van der Waals surface area contributed by atoms with Gasteiger partial charge in [-0.1, -0.05) is 61.6 Å². The highest BCUT2D eigenvalue weighted by molar-refractivity contribution is 7.81. The van der Waals surface area contributed by atoms with Gasteiger partial charge in [0.15, 0.2) is 0 Å². The van der Waals surface area contributed by atoms with Crippen LogP contribution in [0.25, 0.3) is 0 Å². The first-order valence-corrected chi connectivity index (χ1v) is 10.1. The highest BCUT2D eigenvalue weighted by atomic mass is 32.1. The van der Waals surface area contributed by atoms with Crippen LogP contribution in [-0.4, -0.2) is 54.6 Å². The van der Waals surface area contributed by atoms with Gasteiger partial charge in [0.1, 0.15) is 0 Å². The van der Waals surface area contributed by atoms with Crippen molar-refractivity contribution >= 4 is 29.0 Å². The number of hydrogen-bond donors (Lipinski definition) is 0. The summed E-state index contributed by atoms with van der Waals surface area (Å²) in [5.41, 5.74) is 4.70. The van der Waals surface area contributed by atoms with Crippen molar-refractivity contribution in [3.8, 4) is 0 Å². The molecule has 0 saturated heterocycles. The second-order valence-electron chi connectivity index (χ2n) is 6.69. The van der Waals surface area contributed by atoms with E-state index in [1.807, 2.05) is 12.3 Å². The Morgan fingerprint density at radius 1 is 1.30 bits per heavy atom. The molecule has 0 atom stereocenters. The molecular formula is C22H27N3OS. The van der Waals surface area contributed by atoms with Crippen LogP contribution in [0.5, 0.6) is 0 Å². The number of benzene rings is 1. The van der Waals surface area contributed by atoms with Crippen LogP contribution in [0.3, 0.4) is 0 Å². The highest BCUT2D eigenvalue weighted by Gasteiger charge is 2.23. The molecule has 2 heterocycles. The van der Waals surface area contributed by atoms with Gasteiger partial charge in [-0.2, -0.15) is 5.10 Å². The number of ether oxygens (including phenoxy) is 1. The Morgan fingerprint density at radius 2 is 2.15 bits per heavy atom. The quantitative estimate of drug-likeness (QED) is 0.365. The van der Waals surface area contributed by atoms with Crippen molar-refractivity contribution in [2.45, 2.75) is 26.2 Å². The molecule has 0 aromatic heterocycles. The Hall–Kier alpha value is -2.11. The smallest absolute Gasteiger partial charge is 0.0943 e. The normalized spacial score (nSPS) is 16.6. The molecule has 27 heavy (non-hydrogen) atoms. The minimum absolute atomic E-state index is 0.648. The highest BCUT2D eigenvalue weighted by Crippen LogP contribution is 2.26. The van der Waals surface area contributed by atoms with Gasteiger partial charge in [-0.3, -0.25) is 10.0 Å². The van der Waals surface area contributed by atoms with E-state index in [0.717, 1.165) is 48.7 Å². The average Bonchev–Trinajstić information content (AvgIpc) is 2.89. The number of hydrazone groups is 1. The van der Waals surface area contributed by atoms with Crippen molar-refractivity contribution in [1.82, 2.24) is 5.01 Å². The number of fused-ring (bicyclic) bond motifs is 2. The summed E-state index contributed by atoms with van der Waals surface area (Å²) in [4.78, 5) is 5.26. The molecule has 0 N–H and O–H groups in total. The van der Waals surface area contributed by atoms with E-state index < -0.39 is 0 Å². The molecule has 142 valence electrons. The van der Waals surface area contributed by atoms with Gasteiger partial charge in [0, 0.05) is 36.2 Å². The van der Waals surface area contributed by atoms with E-state index in [1.54, 1.807) is 0 Å². The third-order valence-corrected chi connectivity index (χ3v) is 4.74. The van der Waals surface area contributed by atoms with Gasteiger partial charge in [-0.15, -0.1) is 0 Å². The fourth-order valence-electron chi connectivity index (χ4n) is 3.19. The van der Waals surface area contributed by atoms with E-state index in [9.17, 15) is 0 Å². The lowest BCUT2D eigenvalue weighted by molar-refractivity contribution is 0.142. The van der Waals surface area contributed by atoms with Gasteiger partial charge >= 0.3 is 0 Å². The van der Waals surface area contributed by atoms with Crippen molar-refractivity contribution in [3.05, 3.63) is 59.2 Å². The van der Waals surface area contributed by atoms with Crippen molar-refractivity contribution in [2.75, 3.05) is 32.8 Å². The van der Waals surface area contributed by atoms with E-state index >= 15 is 0 Å². The van der Waals surface area contributed by atoms with E-state index in [2.05, 4.69) is 53.3 Å². The summed E-state index contributed by atoms with van der Waals surface area (Å²) < 4.78 is 5.46. The molecule has 0 fully saturated rings. The lowest BCUT2D eigenvalue weighted by Crippen LogP contribution is -2.29. The van der Waals surface area contributed by atoms with Gasteiger partial charge in [-0.25, -0.2) is 0 Å². The molecule has 0 spiro atoms. The molecule has 0 saturated carbocycles. The number of thiocarbonyl (C=S) groups is 1. The van der Waals surface area contributed by atoms with Crippen molar-refractivity contribution in [3.63, 3.8) is 0 Å². The minimum atomic E-state index is 0.648. The van der Waals surface area contributed by atoms with Crippen LogP contribution in [-0.2, 0) is 4.74 Å². The Balaban J connectivity index is 1.74. The summed E-state index contributed by atoms with van der Waals surface area (Å²) in [5.74, 6) is 0. The van der Waals surface area contributed by atoms with Gasteiger partial charge in [0.2, 0.25) is 0 Å². The fraction of sp³-hybridized carbons (Fsp3) is 0.409. The number of hydrogen-bond acceptors (Lipinski definition) is 5. The van der Waals surface area contributed by atoms with Crippen LogP contribution in [0.2, 0.25) is 0 Å². The molecule has 5 heteroatoms. The van der Waals surface area contributed by atoms with E-state index in [0.29, 0.717) is 19.6 Å². The lowest BCUT2D eigenvalue weighted by Gasteiger charge is -2.27. The predicted octanol–water partition coefficient (Wildman–Crippen LogP) is 4.22. The largest absolute Gasteiger partial charge is 0.380 e. The summed E-state index contributed by atoms with van der Waals surface area (Å²) >= 11 is 5.60. The maximum absolute atomic E-state index is 5.60. The third kappa shape index (κ3) is 5.68. The van der Waals surface area contributed by atoms with Crippen LogP contribution in [0.4, 0.5) is 0 Å². The molecule has 1 aromatic rings. The Labute approximate surface area is 167 Å². The van der Waals surface area contributed by atoms with Crippen LogP contribution in [0.15, 0.2) is 63.7 Å². The van der Waals surface area contributed by atoms with Crippen molar-refractivity contribution < 1.29 is 4.74 Å². The zero-order valence-corrected chi connectivity index (χ0v) is 16.8. The minimum Gasteiger partial charge on any atom is -0.380 e. The van der Waals surface area contributed by atoms with Gasteiger partial charge in [0.25, 0.3) is 0 Å². The van der Waals surface area contributed by atoms with E-state index in [1.165, 1.54) is 11.1 Å². The zero-order valence-electron chi connectivity index (χ0n) is 15.9. The van der Waals surface area contributed by atoms with Crippen molar-refractivity contribution in [2.24, 2.45) is 10.1 Å². The number of nitrogens with zero attached hydrogens (tertiary/aromatic N) is 3. The van der Waals surface area contributed by atoms with Gasteiger partial charge in [-0.05, 0) is 24.0 Å². The van der Waals surface area contributed by atoms with Gasteiger partial charge in [0.05, 0.1) is 25.4 Å². The summed E-state index contributed by atoms with van der Waals surface area (Å²) in [6.07, 6.45) is 9.03. The first-order chi connectivity index (χ1) is 13.3. The van der Waals surface area contributed by atoms with E-state index in [-0.39, 0.29) is 0 Å². The molecule has 0 radical (unpaired) electrons. The molecule has 2 aliphatic heterocycles. The van der Waals surface area contributed by atoms with Crippen LogP contribution in [0.1, 0.15) is 31.7 Å². The third-order valence-electron chi connectivity index (χ3n) is 4.49. The van der Waals surface area contributed by atoms with Gasteiger partial charge < -0.3 is 4.74 Å². The van der Waals surface area contributed by atoms with Crippen LogP contribution in [0, 0.1) is 0 Å². The molecule has 0 aliphatic carbocycles. The standard InChI is InChI=1S/C22H27N3OS/c1-2-13-26-14-11-23-16-20(27)15-21-19-10-6-7-12-25(17-19)24-22(21)18-8-4-3-5-9-18/h3-6,8-10,16H,2,7,11-15,17H2,1H3. The fourth-order valence-corrected chi connectivity index (χ4v) is 3.41. The predicted molar refractivity (Wildman–Crippen MR) is 117 cm³/mol. The Kier molecular flexibility index (Phi) is 7.48. The maximum Gasteiger partial charge on any atom is 0.0943 e. The molecule has 0 amide bonds. The summed E-state index contributed by atoms with van der Waals surface area (Å²) in [7, 11) is 0. The molecule has 3 rings (SSSR count). The summed E-state index contributed by atoms with van der Waals surface area (Å²) in [6, 6.07) is 10.4. The first kappa shape index (κ1) is 19.6. The van der Waals surface area contributed by atoms with Crippen LogP contribution < -0.4 is 0 Å². The molecule has 4 nitrogen and oxygen atoms in total. The summed E-state index contributed by atoms with van der Waals surface area (Å²) in [5, 5.41) is 7.08. The van der Waals surface area contributed by atoms with Crippen LogP contribution >= 0.6 is 12.2 Å². The first-order valence-electron chi connectivity index (χ1n) is 9.66. The Morgan fingerprint density at radius 3 is 2.96 bits per heavy atom. The van der Waals surface area contributed by atoms with E-state index in [4.69, 9.17) is 22.1 Å². The summed E-state index contributed by atoms with van der Waals surface area (Å²) in [6.45, 7) is 6.00. The lowest BCUT2D eigenvalue weighted by atomic mass is 9.92. The average molecular weight is 382 g/mol. The zero-order chi connectivity index (χ0) is 18.9. The SMILES string of the molecule is CCCOCCN=CC(=S)CC1=C2C=CCCN(C2)N=C1c1ccccc1. The number of allylic oxidation sites excluding steroid dienone is 1.